The van der Waals surface area contributed by atoms with E-state index < -0.39 is 6.10 Å². The Morgan fingerprint density at radius 2 is 0.550 bits per heavy atom. The van der Waals surface area contributed by atoms with Gasteiger partial charge in [-0.2, -0.15) is 0 Å². The summed E-state index contributed by atoms with van der Waals surface area (Å²) in [6.07, 6.45) is 48.5. The highest BCUT2D eigenvalue weighted by Gasteiger charge is 2.19. The smallest absolute Gasteiger partial charge is 0.306 e. The van der Waals surface area contributed by atoms with Crippen LogP contribution in [-0.2, 0) is 28.6 Å². The first-order valence-corrected chi connectivity index (χ1v) is 26.7. The summed E-state index contributed by atoms with van der Waals surface area (Å²) >= 11 is 0. The third kappa shape index (κ3) is 47.5. The second-order valence-corrected chi connectivity index (χ2v) is 19.5. The van der Waals surface area contributed by atoms with Gasteiger partial charge in [-0.15, -0.1) is 0 Å². The molecule has 0 rings (SSSR count). The number of hydrogen-bond acceptors (Lipinski definition) is 6. The largest absolute Gasteiger partial charge is 0.462 e. The second kappa shape index (κ2) is 46.9. The first-order valence-electron chi connectivity index (χ1n) is 26.7. The topological polar surface area (TPSA) is 78.9 Å². The molecule has 0 aliphatic heterocycles. The van der Waals surface area contributed by atoms with Gasteiger partial charge in [0.1, 0.15) is 13.2 Å². The van der Waals surface area contributed by atoms with Crippen molar-refractivity contribution in [3.8, 4) is 0 Å². The number of rotatable bonds is 48. The Balaban J connectivity index is 4.03. The van der Waals surface area contributed by atoms with Crippen molar-refractivity contribution >= 4 is 17.9 Å². The van der Waals surface area contributed by atoms with Gasteiger partial charge in [-0.3, -0.25) is 14.4 Å². The lowest BCUT2D eigenvalue weighted by Gasteiger charge is -2.18. The summed E-state index contributed by atoms with van der Waals surface area (Å²) in [4.78, 5) is 37.7. The Morgan fingerprint density at radius 1 is 0.317 bits per heavy atom. The fraction of sp³-hybridized carbons (Fsp3) is 0.944. The molecule has 0 saturated heterocycles. The Morgan fingerprint density at radius 3 is 0.817 bits per heavy atom. The number of carbonyl (C=O) groups excluding carboxylic acids is 3. The van der Waals surface area contributed by atoms with Crippen molar-refractivity contribution < 1.29 is 28.6 Å². The molecule has 0 radical (unpaired) electrons. The number of carbonyl (C=O) groups is 3. The molecule has 356 valence electrons. The number of esters is 3. The summed E-state index contributed by atoms with van der Waals surface area (Å²) in [6, 6.07) is 0. The van der Waals surface area contributed by atoms with E-state index in [0.29, 0.717) is 19.3 Å². The van der Waals surface area contributed by atoms with Crippen LogP contribution in [0.3, 0.4) is 0 Å². The van der Waals surface area contributed by atoms with E-state index in [1.165, 1.54) is 180 Å². The minimum Gasteiger partial charge on any atom is -0.462 e. The Hall–Kier alpha value is -1.59. The molecule has 6 heteroatoms. The molecule has 0 aliphatic carbocycles. The van der Waals surface area contributed by atoms with Crippen LogP contribution in [0.25, 0.3) is 0 Å². The number of hydrogen-bond donors (Lipinski definition) is 0. The van der Waals surface area contributed by atoms with E-state index >= 15 is 0 Å². The van der Waals surface area contributed by atoms with Crippen LogP contribution < -0.4 is 0 Å². The van der Waals surface area contributed by atoms with Crippen molar-refractivity contribution in [2.24, 2.45) is 11.8 Å². The molecule has 0 unspecified atom stereocenters. The Labute approximate surface area is 374 Å². The highest BCUT2D eigenvalue weighted by atomic mass is 16.6. The van der Waals surface area contributed by atoms with E-state index in [1.54, 1.807) is 0 Å². The molecule has 0 fully saturated rings. The van der Waals surface area contributed by atoms with Crippen molar-refractivity contribution in [1.82, 2.24) is 0 Å². The van der Waals surface area contributed by atoms with Gasteiger partial charge in [0.15, 0.2) is 6.10 Å². The molecule has 0 bridgehead atoms. The van der Waals surface area contributed by atoms with Gasteiger partial charge < -0.3 is 14.2 Å². The average molecular weight is 849 g/mol. The number of unbranched alkanes of at least 4 members (excludes halogenated alkanes) is 33. The van der Waals surface area contributed by atoms with Gasteiger partial charge in [-0.05, 0) is 31.1 Å². The average Bonchev–Trinajstić information content (AvgIpc) is 3.22. The summed E-state index contributed by atoms with van der Waals surface area (Å²) in [5.74, 6) is 0.842. The predicted molar refractivity (Wildman–Crippen MR) is 256 cm³/mol. The van der Waals surface area contributed by atoms with Gasteiger partial charge in [0.2, 0.25) is 0 Å². The van der Waals surface area contributed by atoms with E-state index in [-0.39, 0.29) is 31.1 Å². The van der Waals surface area contributed by atoms with E-state index in [0.717, 1.165) is 76.0 Å². The molecular formula is C54H104O6. The van der Waals surface area contributed by atoms with Crippen molar-refractivity contribution in [3.05, 3.63) is 0 Å². The SMILES string of the molecule is CCCCCCCC(=O)O[C@H](COC(=O)CCCCCCCCCCCCCCCCCCC(C)C)COC(=O)CCCCCCCCCCCCCCCCCC(C)C. The number of ether oxygens (including phenoxy) is 3. The molecule has 0 saturated carbocycles. The fourth-order valence-electron chi connectivity index (χ4n) is 8.17. The third-order valence-corrected chi connectivity index (χ3v) is 12.2. The zero-order valence-electron chi connectivity index (χ0n) is 41.1. The van der Waals surface area contributed by atoms with Crippen molar-refractivity contribution in [1.29, 1.82) is 0 Å². The van der Waals surface area contributed by atoms with E-state index in [1.807, 2.05) is 0 Å². The highest BCUT2D eigenvalue weighted by molar-refractivity contribution is 5.71. The van der Waals surface area contributed by atoms with Crippen molar-refractivity contribution in [3.63, 3.8) is 0 Å². The van der Waals surface area contributed by atoms with Gasteiger partial charge >= 0.3 is 17.9 Å². The van der Waals surface area contributed by atoms with Gasteiger partial charge in [0, 0.05) is 19.3 Å². The Bertz CT molecular complexity index is 916. The molecule has 60 heavy (non-hydrogen) atoms. The monoisotopic (exact) mass is 849 g/mol. The lowest BCUT2D eigenvalue weighted by Crippen LogP contribution is -2.30. The van der Waals surface area contributed by atoms with Crippen LogP contribution in [-0.4, -0.2) is 37.2 Å². The molecule has 0 aliphatic rings. The zero-order valence-corrected chi connectivity index (χ0v) is 41.1. The van der Waals surface area contributed by atoms with Gasteiger partial charge in [0.05, 0.1) is 0 Å². The maximum absolute atomic E-state index is 12.6. The van der Waals surface area contributed by atoms with E-state index in [2.05, 4.69) is 34.6 Å². The minimum atomic E-state index is -0.759. The third-order valence-electron chi connectivity index (χ3n) is 12.2. The second-order valence-electron chi connectivity index (χ2n) is 19.5. The molecule has 0 heterocycles. The van der Waals surface area contributed by atoms with Gasteiger partial charge in [-0.1, -0.05) is 259 Å². The molecule has 0 aromatic carbocycles. The van der Waals surface area contributed by atoms with Gasteiger partial charge in [-0.25, -0.2) is 0 Å². The maximum Gasteiger partial charge on any atom is 0.306 e. The lowest BCUT2D eigenvalue weighted by atomic mass is 10.0. The molecular weight excluding hydrogens is 745 g/mol. The summed E-state index contributed by atoms with van der Waals surface area (Å²) < 4.78 is 16.7. The summed E-state index contributed by atoms with van der Waals surface area (Å²) in [5.41, 5.74) is 0. The first-order chi connectivity index (χ1) is 29.2. The molecule has 0 aromatic rings. The summed E-state index contributed by atoms with van der Waals surface area (Å²) in [5, 5.41) is 0. The lowest BCUT2D eigenvalue weighted by molar-refractivity contribution is -0.167. The van der Waals surface area contributed by atoms with Crippen LogP contribution in [0.1, 0.15) is 298 Å². The minimum absolute atomic E-state index is 0.0648. The molecule has 0 N–H and O–H groups in total. The van der Waals surface area contributed by atoms with Crippen LogP contribution in [0.15, 0.2) is 0 Å². The standard InChI is InChI=1S/C54H104O6/c1-6-7-8-32-41-46-54(57)60-51(48-59-53(56)45-40-36-31-27-23-19-15-11-13-17-21-25-29-34-38-43-50(4)5)47-58-52(55)44-39-35-30-26-22-18-14-10-9-12-16-20-24-28-33-37-42-49(2)3/h49-51H,6-48H2,1-5H3/t51-/m1/s1. The van der Waals surface area contributed by atoms with Gasteiger partial charge in [0.25, 0.3) is 0 Å². The summed E-state index contributed by atoms with van der Waals surface area (Å²) in [7, 11) is 0. The van der Waals surface area contributed by atoms with Crippen LogP contribution in [0, 0.1) is 11.8 Å². The summed E-state index contributed by atoms with van der Waals surface area (Å²) in [6.45, 7) is 11.3. The first kappa shape index (κ1) is 58.4. The molecule has 0 aromatic heterocycles. The normalized spacial score (nSPS) is 12.1. The van der Waals surface area contributed by atoms with Crippen LogP contribution >= 0.6 is 0 Å². The van der Waals surface area contributed by atoms with E-state index in [4.69, 9.17) is 14.2 Å². The van der Waals surface area contributed by atoms with Crippen LogP contribution in [0.2, 0.25) is 0 Å². The predicted octanol–water partition coefficient (Wildman–Crippen LogP) is 17.3. The van der Waals surface area contributed by atoms with Crippen LogP contribution in [0.4, 0.5) is 0 Å². The van der Waals surface area contributed by atoms with E-state index in [9.17, 15) is 14.4 Å². The van der Waals surface area contributed by atoms with Crippen LogP contribution in [0.5, 0.6) is 0 Å². The maximum atomic E-state index is 12.6. The molecule has 6 nitrogen and oxygen atoms in total. The van der Waals surface area contributed by atoms with Crippen molar-refractivity contribution in [2.45, 2.75) is 304 Å². The quantitative estimate of drug-likeness (QED) is 0.0345. The highest BCUT2D eigenvalue weighted by Crippen LogP contribution is 2.18. The van der Waals surface area contributed by atoms with Crippen molar-refractivity contribution in [2.75, 3.05) is 13.2 Å². The molecule has 0 spiro atoms. The molecule has 0 amide bonds. The Kier molecular flexibility index (Phi) is 45.7. The fourth-order valence-corrected chi connectivity index (χ4v) is 8.17. The molecule has 1 atom stereocenters. The zero-order chi connectivity index (χ0) is 44.0.